The van der Waals surface area contributed by atoms with Crippen LogP contribution in [0.3, 0.4) is 0 Å². The van der Waals surface area contributed by atoms with Crippen molar-refractivity contribution in [3.05, 3.63) is 0 Å². The zero-order valence-electron chi connectivity index (χ0n) is 5.62. The first kappa shape index (κ1) is 7.46. The van der Waals surface area contributed by atoms with Crippen molar-refractivity contribution in [3.8, 4) is 0 Å². The Hall–Kier alpha value is -0.650. The second-order valence-electron chi connectivity index (χ2n) is 2.02. The van der Waals surface area contributed by atoms with Crippen LogP contribution in [0.2, 0.25) is 0 Å². The summed E-state index contributed by atoms with van der Waals surface area (Å²) in [6.07, 6.45) is 0.478. The Labute approximate surface area is 59.3 Å². The van der Waals surface area contributed by atoms with Gasteiger partial charge >= 0.3 is 0 Å². The molecular weight excluding hydrogens is 134 g/mol. The highest BCUT2D eigenvalue weighted by molar-refractivity contribution is 5.44. The highest BCUT2D eigenvalue weighted by Crippen LogP contribution is 1.96. The maximum absolute atomic E-state index is 10.1. The van der Waals surface area contributed by atoms with Gasteiger partial charge in [0, 0.05) is 13.1 Å². The fraction of sp³-hybridized carbons (Fsp3) is 0.800. The van der Waals surface area contributed by atoms with Crippen molar-refractivity contribution in [3.63, 3.8) is 0 Å². The van der Waals surface area contributed by atoms with E-state index in [4.69, 9.17) is 10.6 Å². The first-order valence-electron chi connectivity index (χ1n) is 3.13. The molecule has 0 aliphatic carbocycles. The third kappa shape index (κ3) is 1.66. The molecule has 0 atom stereocenters. The van der Waals surface area contributed by atoms with Crippen LogP contribution in [0.5, 0.6) is 0 Å². The Balaban J connectivity index is 2.30. The van der Waals surface area contributed by atoms with Gasteiger partial charge in [-0.3, -0.25) is 4.79 Å². The Morgan fingerprint density at radius 2 is 2.10 bits per heavy atom. The Morgan fingerprint density at radius 1 is 1.50 bits per heavy atom. The van der Waals surface area contributed by atoms with E-state index in [1.165, 1.54) is 0 Å². The second-order valence-corrected chi connectivity index (χ2v) is 2.02. The Morgan fingerprint density at radius 3 is 2.60 bits per heavy atom. The summed E-state index contributed by atoms with van der Waals surface area (Å²) in [6.45, 7) is 2.46. The van der Waals surface area contributed by atoms with Gasteiger partial charge in [-0.2, -0.15) is 10.1 Å². The van der Waals surface area contributed by atoms with Gasteiger partial charge in [-0.15, -0.1) is 5.84 Å². The quantitative estimate of drug-likeness (QED) is 0.365. The summed E-state index contributed by atoms with van der Waals surface area (Å²) >= 11 is 0. The average Bonchev–Trinajstić information content (AvgIpc) is 2.05. The molecule has 0 spiro atoms. The molecule has 0 bridgehead atoms. The molecule has 1 fully saturated rings. The Kier molecular flexibility index (Phi) is 2.61. The molecular formula is C5H10N3O2. The molecule has 1 amide bonds. The van der Waals surface area contributed by atoms with Crippen molar-refractivity contribution >= 4 is 6.41 Å². The molecule has 0 aromatic rings. The zero-order valence-corrected chi connectivity index (χ0v) is 5.62. The van der Waals surface area contributed by atoms with Crippen LogP contribution in [0.1, 0.15) is 0 Å². The maximum Gasteiger partial charge on any atom is 0.240 e. The molecule has 0 saturated carbocycles. The van der Waals surface area contributed by atoms with Crippen LogP contribution >= 0.6 is 0 Å². The number of ether oxygens (including phenoxy) is 1. The highest BCUT2D eigenvalue weighted by atomic mass is 16.5. The molecule has 0 aromatic heterocycles. The van der Waals surface area contributed by atoms with Crippen LogP contribution in [0.15, 0.2) is 0 Å². The number of hydrogen-bond acceptors (Lipinski definition) is 3. The summed E-state index contributed by atoms with van der Waals surface area (Å²) < 4.78 is 5.03. The topological polar surface area (TPSA) is 56.6 Å². The molecule has 1 N–H and O–H groups in total. The van der Waals surface area contributed by atoms with E-state index < -0.39 is 0 Å². The van der Waals surface area contributed by atoms with Gasteiger partial charge in [-0.25, -0.2) is 0 Å². The lowest BCUT2D eigenvalue weighted by molar-refractivity contribution is -0.145. The molecule has 57 valence electrons. The highest BCUT2D eigenvalue weighted by Gasteiger charge is 2.13. The summed E-state index contributed by atoms with van der Waals surface area (Å²) in [5, 5.41) is 2.43. The summed E-state index contributed by atoms with van der Waals surface area (Å²) in [7, 11) is 0. The molecule has 10 heavy (non-hydrogen) atoms. The first-order chi connectivity index (χ1) is 4.84. The minimum atomic E-state index is 0.478. The van der Waals surface area contributed by atoms with Crippen LogP contribution in [0, 0.1) is 0 Å². The van der Waals surface area contributed by atoms with Gasteiger partial charge in [0.2, 0.25) is 6.41 Å². The van der Waals surface area contributed by atoms with E-state index in [9.17, 15) is 4.79 Å². The van der Waals surface area contributed by atoms with Crippen molar-refractivity contribution in [1.82, 2.24) is 16.0 Å². The molecule has 5 nitrogen and oxygen atoms in total. The van der Waals surface area contributed by atoms with Crippen molar-refractivity contribution < 1.29 is 9.53 Å². The summed E-state index contributed by atoms with van der Waals surface area (Å²) in [4.78, 5) is 10.1. The van der Waals surface area contributed by atoms with Crippen LogP contribution in [-0.4, -0.2) is 42.8 Å². The lowest BCUT2D eigenvalue weighted by Crippen LogP contribution is -2.47. The number of nitrogens with zero attached hydrogens (tertiary/aromatic N) is 2. The van der Waals surface area contributed by atoms with E-state index in [2.05, 4.69) is 0 Å². The predicted octanol–water partition coefficient (Wildman–Crippen LogP) is -1.11. The van der Waals surface area contributed by atoms with Gasteiger partial charge < -0.3 is 4.74 Å². The van der Waals surface area contributed by atoms with Crippen LogP contribution < -0.4 is 5.84 Å². The van der Waals surface area contributed by atoms with E-state index in [0.29, 0.717) is 32.7 Å². The normalized spacial score (nSPS) is 20.5. The standard InChI is InChI=1S/C5H10N3O2/c6-8(5-9)7-1-3-10-4-2-7/h5-6H,1-4H2. The van der Waals surface area contributed by atoms with Crippen LogP contribution in [0.4, 0.5) is 0 Å². The van der Waals surface area contributed by atoms with E-state index in [1.54, 1.807) is 5.01 Å². The van der Waals surface area contributed by atoms with Gasteiger partial charge in [0.05, 0.1) is 13.2 Å². The molecule has 1 radical (unpaired) electrons. The summed E-state index contributed by atoms with van der Waals surface area (Å²) in [6, 6.07) is 0. The molecule has 0 unspecified atom stereocenters. The monoisotopic (exact) mass is 144 g/mol. The predicted molar refractivity (Wildman–Crippen MR) is 33.4 cm³/mol. The van der Waals surface area contributed by atoms with Gasteiger partial charge in [0.1, 0.15) is 0 Å². The third-order valence-corrected chi connectivity index (χ3v) is 1.39. The van der Waals surface area contributed by atoms with Gasteiger partial charge in [-0.05, 0) is 0 Å². The third-order valence-electron chi connectivity index (χ3n) is 1.39. The number of amides is 1. The fourth-order valence-corrected chi connectivity index (χ4v) is 0.836. The minimum absolute atomic E-state index is 0.478. The fourth-order valence-electron chi connectivity index (χ4n) is 0.836. The van der Waals surface area contributed by atoms with Gasteiger partial charge in [0.25, 0.3) is 0 Å². The Bertz CT molecular complexity index is 113. The lowest BCUT2D eigenvalue weighted by atomic mass is 10.5. The molecule has 5 heteroatoms. The SMILES string of the molecule is [NH]N(C=O)N1CCOCC1. The minimum Gasteiger partial charge on any atom is -0.379 e. The molecule has 1 heterocycles. The zero-order chi connectivity index (χ0) is 7.40. The van der Waals surface area contributed by atoms with Crippen LogP contribution in [-0.2, 0) is 9.53 Å². The first-order valence-corrected chi connectivity index (χ1v) is 3.13. The number of carbonyl (C=O) groups is 1. The maximum atomic E-state index is 10.1. The van der Waals surface area contributed by atoms with Crippen molar-refractivity contribution in [2.45, 2.75) is 0 Å². The number of hydrogen-bond donors (Lipinski definition) is 0. The van der Waals surface area contributed by atoms with Crippen LogP contribution in [0.25, 0.3) is 0 Å². The molecule has 1 rings (SSSR count). The van der Waals surface area contributed by atoms with E-state index in [-0.39, 0.29) is 0 Å². The molecule has 1 aliphatic heterocycles. The van der Waals surface area contributed by atoms with E-state index in [1.807, 2.05) is 0 Å². The summed E-state index contributed by atoms with van der Waals surface area (Å²) in [5.74, 6) is 7.05. The number of morpholine rings is 1. The van der Waals surface area contributed by atoms with Crippen molar-refractivity contribution in [2.75, 3.05) is 26.3 Å². The molecule has 1 aliphatic rings. The molecule has 0 aromatic carbocycles. The van der Waals surface area contributed by atoms with Crippen molar-refractivity contribution in [2.24, 2.45) is 0 Å². The van der Waals surface area contributed by atoms with Gasteiger partial charge in [0.15, 0.2) is 0 Å². The van der Waals surface area contributed by atoms with E-state index in [0.717, 1.165) is 5.12 Å². The largest absolute Gasteiger partial charge is 0.379 e. The number of carbonyl (C=O) groups excluding carboxylic acids is 1. The average molecular weight is 144 g/mol. The smallest absolute Gasteiger partial charge is 0.240 e. The van der Waals surface area contributed by atoms with Crippen molar-refractivity contribution in [1.29, 1.82) is 0 Å². The second kappa shape index (κ2) is 3.50. The number of hydrazine groups is 1. The molecule has 1 saturated heterocycles. The number of nitrogens with one attached hydrogen (secondary N) is 1. The van der Waals surface area contributed by atoms with E-state index >= 15 is 0 Å². The number of rotatable bonds is 2. The van der Waals surface area contributed by atoms with Gasteiger partial charge in [-0.1, -0.05) is 0 Å². The summed E-state index contributed by atoms with van der Waals surface area (Å²) in [5.41, 5.74) is 0. The lowest BCUT2D eigenvalue weighted by Gasteiger charge is -2.29.